The highest BCUT2D eigenvalue weighted by molar-refractivity contribution is 5.84. The van der Waals surface area contributed by atoms with Crippen LogP contribution in [0.4, 0.5) is 11.4 Å². The molecule has 0 amide bonds. The van der Waals surface area contributed by atoms with Gasteiger partial charge in [0, 0.05) is 24.9 Å². The summed E-state index contributed by atoms with van der Waals surface area (Å²) in [4.78, 5) is 7.13. The Kier molecular flexibility index (Phi) is 4.56. The maximum absolute atomic E-state index is 5.38. The average Bonchev–Trinajstić information content (AvgIpc) is 2.61. The zero-order chi connectivity index (χ0) is 15.2. The fourth-order valence-electron chi connectivity index (χ4n) is 2.79. The number of hydrogen-bond acceptors (Lipinski definition) is 2. The number of anilines is 1. The molecule has 1 heterocycles. The molecule has 2 heteroatoms. The lowest BCUT2D eigenvalue weighted by Gasteiger charge is -2.29. The molecule has 1 aliphatic heterocycles. The van der Waals surface area contributed by atoms with Crippen LogP contribution in [-0.2, 0) is 0 Å². The van der Waals surface area contributed by atoms with Crippen LogP contribution in [-0.4, -0.2) is 19.3 Å². The highest BCUT2D eigenvalue weighted by Gasteiger charge is 2.13. The van der Waals surface area contributed by atoms with Crippen LogP contribution < -0.4 is 4.90 Å². The first-order valence-electron chi connectivity index (χ1n) is 7.81. The van der Waals surface area contributed by atoms with Crippen molar-refractivity contribution in [3.63, 3.8) is 0 Å². The highest BCUT2D eigenvalue weighted by atomic mass is 15.1. The Morgan fingerprint density at radius 2 is 1.68 bits per heavy atom. The van der Waals surface area contributed by atoms with Crippen molar-refractivity contribution in [1.29, 1.82) is 0 Å². The minimum Gasteiger partial charge on any atom is -0.370 e. The Hall–Kier alpha value is -2.53. The van der Waals surface area contributed by atoms with Gasteiger partial charge >= 0.3 is 0 Å². The van der Waals surface area contributed by atoms with Gasteiger partial charge in [0.2, 0.25) is 0 Å². The van der Waals surface area contributed by atoms with Crippen LogP contribution in [0.15, 0.2) is 53.5 Å². The van der Waals surface area contributed by atoms with Crippen LogP contribution in [0.3, 0.4) is 0 Å². The number of rotatable bonds is 3. The van der Waals surface area contributed by atoms with Crippen LogP contribution in [0.1, 0.15) is 30.4 Å². The monoisotopic (exact) mass is 288 g/mol. The van der Waals surface area contributed by atoms with Crippen LogP contribution in [0, 0.1) is 12.3 Å². The normalized spacial score (nSPS) is 15.0. The number of para-hydroxylation sites is 2. The lowest BCUT2D eigenvalue weighted by Crippen LogP contribution is -2.29. The van der Waals surface area contributed by atoms with Gasteiger partial charge in [-0.2, -0.15) is 0 Å². The second-order valence-corrected chi connectivity index (χ2v) is 5.56. The Labute approximate surface area is 132 Å². The molecule has 1 fully saturated rings. The van der Waals surface area contributed by atoms with Gasteiger partial charge in [0.25, 0.3) is 0 Å². The summed E-state index contributed by atoms with van der Waals surface area (Å²) in [6.07, 6.45) is 11.2. The van der Waals surface area contributed by atoms with E-state index >= 15 is 0 Å². The zero-order valence-corrected chi connectivity index (χ0v) is 12.7. The molecule has 2 nitrogen and oxygen atoms in total. The van der Waals surface area contributed by atoms with Crippen molar-refractivity contribution < 1.29 is 0 Å². The van der Waals surface area contributed by atoms with Gasteiger partial charge < -0.3 is 4.90 Å². The van der Waals surface area contributed by atoms with Crippen molar-refractivity contribution in [3.8, 4) is 12.3 Å². The van der Waals surface area contributed by atoms with Crippen molar-refractivity contribution >= 4 is 17.6 Å². The van der Waals surface area contributed by atoms with E-state index in [1.165, 1.54) is 24.9 Å². The highest BCUT2D eigenvalue weighted by Crippen LogP contribution is 2.30. The largest absolute Gasteiger partial charge is 0.370 e. The van der Waals surface area contributed by atoms with Gasteiger partial charge in [-0.05, 0) is 49.1 Å². The fraction of sp³-hybridized carbons (Fsp3) is 0.250. The molecule has 2 aromatic rings. The minimum atomic E-state index is 0.894. The maximum atomic E-state index is 5.38. The Balaban J connectivity index is 1.82. The molecule has 0 N–H and O–H groups in total. The van der Waals surface area contributed by atoms with Gasteiger partial charge in [-0.25, -0.2) is 0 Å². The Morgan fingerprint density at radius 3 is 2.41 bits per heavy atom. The molecule has 0 aromatic heterocycles. The molecule has 0 spiro atoms. The first-order valence-corrected chi connectivity index (χ1v) is 7.81. The number of hydrogen-bond donors (Lipinski definition) is 0. The van der Waals surface area contributed by atoms with Crippen LogP contribution >= 0.6 is 0 Å². The molecular formula is C20H20N2. The molecular weight excluding hydrogens is 268 g/mol. The summed E-state index contributed by atoms with van der Waals surface area (Å²) in [5.41, 5.74) is 4.22. The summed E-state index contributed by atoms with van der Waals surface area (Å²) in [6.45, 7) is 2.26. The van der Waals surface area contributed by atoms with Gasteiger partial charge in [0.05, 0.1) is 11.4 Å². The predicted octanol–water partition coefficient (Wildman–Crippen LogP) is 4.41. The fourth-order valence-corrected chi connectivity index (χ4v) is 2.79. The van der Waals surface area contributed by atoms with Crippen molar-refractivity contribution in [3.05, 3.63) is 59.7 Å². The van der Waals surface area contributed by atoms with Crippen molar-refractivity contribution in [2.75, 3.05) is 18.0 Å². The molecule has 0 saturated carbocycles. The number of aliphatic imine (C=N–C) groups is 1. The van der Waals surface area contributed by atoms with E-state index in [-0.39, 0.29) is 0 Å². The molecule has 0 unspecified atom stereocenters. The summed E-state index contributed by atoms with van der Waals surface area (Å²) in [5, 5.41) is 0. The van der Waals surface area contributed by atoms with E-state index in [4.69, 9.17) is 6.42 Å². The van der Waals surface area contributed by atoms with Crippen molar-refractivity contribution in [2.24, 2.45) is 4.99 Å². The van der Waals surface area contributed by atoms with Gasteiger partial charge in [0.15, 0.2) is 0 Å². The van der Waals surface area contributed by atoms with E-state index in [2.05, 4.69) is 34.0 Å². The number of terminal acetylenes is 1. The lowest BCUT2D eigenvalue weighted by atomic mass is 10.1. The van der Waals surface area contributed by atoms with Gasteiger partial charge in [-0.1, -0.05) is 30.2 Å². The summed E-state index contributed by atoms with van der Waals surface area (Å²) in [7, 11) is 0. The van der Waals surface area contributed by atoms with Crippen LogP contribution in [0.25, 0.3) is 0 Å². The standard InChI is InChI=1S/C20H20N2/c1-2-17-10-12-18(13-11-17)16-21-19-8-4-5-9-20(19)22-14-6-3-7-15-22/h1,4-5,8-13,16H,3,6-7,14-15H2/b21-16+. The number of nitrogens with zero attached hydrogens (tertiary/aromatic N) is 2. The smallest absolute Gasteiger partial charge is 0.0863 e. The van der Waals surface area contributed by atoms with Crippen LogP contribution in [0.5, 0.6) is 0 Å². The molecule has 1 aliphatic rings. The lowest BCUT2D eigenvalue weighted by molar-refractivity contribution is 0.578. The molecule has 0 radical (unpaired) electrons. The average molecular weight is 288 g/mol. The van der Waals surface area contributed by atoms with E-state index in [1.54, 1.807) is 0 Å². The summed E-state index contributed by atoms with van der Waals surface area (Å²) in [5.74, 6) is 2.63. The molecule has 0 aliphatic carbocycles. The summed E-state index contributed by atoms with van der Waals surface area (Å²) in [6, 6.07) is 16.3. The first kappa shape index (κ1) is 14.4. The Morgan fingerprint density at radius 1 is 0.955 bits per heavy atom. The van der Waals surface area contributed by atoms with E-state index in [0.29, 0.717) is 0 Å². The number of benzene rings is 2. The van der Waals surface area contributed by atoms with E-state index in [1.807, 2.05) is 36.5 Å². The third-order valence-electron chi connectivity index (χ3n) is 4.01. The zero-order valence-electron chi connectivity index (χ0n) is 12.7. The summed E-state index contributed by atoms with van der Waals surface area (Å²) >= 11 is 0. The second kappa shape index (κ2) is 6.95. The molecule has 0 atom stereocenters. The van der Waals surface area contributed by atoms with E-state index in [9.17, 15) is 0 Å². The third kappa shape index (κ3) is 3.38. The molecule has 2 aromatic carbocycles. The summed E-state index contributed by atoms with van der Waals surface area (Å²) < 4.78 is 0. The molecule has 110 valence electrons. The molecule has 3 rings (SSSR count). The van der Waals surface area contributed by atoms with E-state index in [0.717, 1.165) is 29.9 Å². The first-order chi connectivity index (χ1) is 10.9. The quantitative estimate of drug-likeness (QED) is 0.603. The maximum Gasteiger partial charge on any atom is 0.0863 e. The second-order valence-electron chi connectivity index (χ2n) is 5.56. The van der Waals surface area contributed by atoms with Crippen molar-refractivity contribution in [2.45, 2.75) is 19.3 Å². The predicted molar refractivity (Wildman–Crippen MR) is 94.1 cm³/mol. The molecule has 1 saturated heterocycles. The van der Waals surface area contributed by atoms with Gasteiger partial charge in [0.1, 0.15) is 0 Å². The van der Waals surface area contributed by atoms with Gasteiger partial charge in [-0.15, -0.1) is 6.42 Å². The Bertz CT molecular complexity index is 686. The van der Waals surface area contributed by atoms with Crippen molar-refractivity contribution in [1.82, 2.24) is 0 Å². The molecule has 0 bridgehead atoms. The topological polar surface area (TPSA) is 15.6 Å². The third-order valence-corrected chi connectivity index (χ3v) is 4.01. The van der Waals surface area contributed by atoms with E-state index < -0.39 is 0 Å². The van der Waals surface area contributed by atoms with Gasteiger partial charge in [-0.3, -0.25) is 4.99 Å². The molecule has 22 heavy (non-hydrogen) atoms. The van der Waals surface area contributed by atoms with Crippen LogP contribution in [0.2, 0.25) is 0 Å². The number of piperidine rings is 1. The minimum absolute atomic E-state index is 0.894. The SMILES string of the molecule is C#Cc1ccc(/C=N/c2ccccc2N2CCCCC2)cc1.